The van der Waals surface area contributed by atoms with Gasteiger partial charge in [0.1, 0.15) is 4.90 Å². The number of hydrogen-bond donors (Lipinski definition) is 2. The number of unbranched alkanes of at least 4 members (excludes halogenated alkanes) is 2. The van der Waals surface area contributed by atoms with Crippen LogP contribution in [0.4, 0.5) is 11.4 Å². The molecule has 0 saturated carbocycles. The van der Waals surface area contributed by atoms with Crippen molar-refractivity contribution in [2.24, 2.45) is 0 Å². The number of nitro groups is 1. The third-order valence-corrected chi connectivity index (χ3v) is 4.75. The van der Waals surface area contributed by atoms with Gasteiger partial charge in [-0.15, -0.1) is 0 Å². The molecule has 0 amide bonds. The first-order chi connectivity index (χ1) is 9.77. The Balaban J connectivity index is 2.85. The van der Waals surface area contributed by atoms with Gasteiger partial charge in [-0.25, -0.2) is 13.1 Å². The van der Waals surface area contributed by atoms with Gasteiger partial charge >= 0.3 is 0 Å². The van der Waals surface area contributed by atoms with E-state index in [4.69, 9.17) is 5.73 Å². The van der Waals surface area contributed by atoms with Crippen molar-refractivity contribution in [2.75, 3.05) is 5.73 Å². The molecule has 0 bridgehead atoms. The Kier molecular flexibility index (Phi) is 6.10. The summed E-state index contributed by atoms with van der Waals surface area (Å²) in [6.07, 6.45) is 3.79. The maximum absolute atomic E-state index is 12.2. The Hall–Kier alpha value is -1.67. The zero-order chi connectivity index (χ0) is 16.0. The van der Waals surface area contributed by atoms with Gasteiger partial charge in [-0.1, -0.05) is 26.2 Å². The topological polar surface area (TPSA) is 115 Å². The van der Waals surface area contributed by atoms with Crippen LogP contribution < -0.4 is 10.5 Å². The number of non-ortho nitro benzene ring substituents is 1. The molecule has 0 saturated heterocycles. The van der Waals surface area contributed by atoms with Crippen molar-refractivity contribution < 1.29 is 13.3 Å². The summed E-state index contributed by atoms with van der Waals surface area (Å²) in [6, 6.07) is 3.13. The molecule has 3 N–H and O–H groups in total. The van der Waals surface area contributed by atoms with Crippen LogP contribution in [-0.4, -0.2) is 19.4 Å². The highest BCUT2D eigenvalue weighted by Crippen LogP contribution is 2.24. The monoisotopic (exact) mass is 315 g/mol. The molecule has 1 unspecified atom stereocenters. The molecule has 21 heavy (non-hydrogen) atoms. The highest BCUT2D eigenvalue weighted by molar-refractivity contribution is 7.89. The maximum atomic E-state index is 12.2. The van der Waals surface area contributed by atoms with Crippen LogP contribution >= 0.6 is 0 Å². The normalized spacial score (nSPS) is 13.0. The molecule has 0 aromatic heterocycles. The molecule has 1 aromatic rings. The van der Waals surface area contributed by atoms with E-state index < -0.39 is 14.9 Å². The SMILES string of the molecule is CCCCCC(C)NS(=O)(=O)c1ccc([N+](=O)[O-])cc1N. The fourth-order valence-corrected chi connectivity index (χ4v) is 3.37. The van der Waals surface area contributed by atoms with Gasteiger partial charge in [-0.3, -0.25) is 10.1 Å². The number of benzene rings is 1. The molecule has 0 aliphatic carbocycles. The quantitative estimate of drug-likeness (QED) is 0.331. The van der Waals surface area contributed by atoms with Crippen molar-refractivity contribution in [3.63, 3.8) is 0 Å². The average Bonchev–Trinajstić information content (AvgIpc) is 2.37. The van der Waals surface area contributed by atoms with Gasteiger partial charge < -0.3 is 5.73 Å². The van der Waals surface area contributed by atoms with Crippen LogP contribution in [0.1, 0.15) is 39.5 Å². The summed E-state index contributed by atoms with van der Waals surface area (Å²) >= 11 is 0. The van der Waals surface area contributed by atoms with Crippen LogP contribution in [0.5, 0.6) is 0 Å². The predicted octanol–water partition coefficient (Wildman–Crippen LogP) is 2.42. The number of rotatable bonds is 8. The van der Waals surface area contributed by atoms with E-state index in [1.165, 1.54) is 0 Å². The number of nitrogen functional groups attached to an aromatic ring is 1. The summed E-state index contributed by atoms with van der Waals surface area (Å²) in [5, 5.41) is 10.6. The van der Waals surface area contributed by atoms with Crippen molar-refractivity contribution in [2.45, 2.75) is 50.5 Å². The zero-order valence-corrected chi connectivity index (χ0v) is 13.0. The first kappa shape index (κ1) is 17.4. The predicted molar refractivity (Wildman–Crippen MR) is 81.4 cm³/mol. The number of hydrogen-bond acceptors (Lipinski definition) is 5. The summed E-state index contributed by atoms with van der Waals surface area (Å²) in [6.45, 7) is 3.86. The first-order valence-electron chi connectivity index (χ1n) is 6.84. The van der Waals surface area contributed by atoms with Gasteiger partial charge in [0.25, 0.3) is 5.69 Å². The van der Waals surface area contributed by atoms with Crippen molar-refractivity contribution in [1.29, 1.82) is 0 Å². The Labute approximate surface area is 124 Å². The number of anilines is 1. The second-order valence-corrected chi connectivity index (χ2v) is 6.68. The molecule has 1 rings (SSSR count). The van der Waals surface area contributed by atoms with Gasteiger partial charge in [0, 0.05) is 18.2 Å². The second kappa shape index (κ2) is 7.37. The van der Waals surface area contributed by atoms with E-state index >= 15 is 0 Å². The number of nitrogens with two attached hydrogens (primary N) is 1. The van der Waals surface area contributed by atoms with Crippen molar-refractivity contribution in [1.82, 2.24) is 4.72 Å². The van der Waals surface area contributed by atoms with Gasteiger partial charge in [0.2, 0.25) is 10.0 Å². The smallest absolute Gasteiger partial charge is 0.271 e. The average molecular weight is 315 g/mol. The highest BCUT2D eigenvalue weighted by atomic mass is 32.2. The maximum Gasteiger partial charge on any atom is 0.271 e. The van der Waals surface area contributed by atoms with Crippen LogP contribution in [0.3, 0.4) is 0 Å². The highest BCUT2D eigenvalue weighted by Gasteiger charge is 2.21. The Morgan fingerprint density at radius 2 is 2.05 bits per heavy atom. The summed E-state index contributed by atoms with van der Waals surface area (Å²) in [5.41, 5.74) is 5.26. The molecule has 0 spiro atoms. The molecule has 0 aliphatic heterocycles. The molecule has 7 nitrogen and oxygen atoms in total. The van der Waals surface area contributed by atoms with Crippen LogP contribution in [0, 0.1) is 10.1 Å². The molecular weight excluding hydrogens is 294 g/mol. The minimum Gasteiger partial charge on any atom is -0.397 e. The first-order valence-corrected chi connectivity index (χ1v) is 8.32. The summed E-state index contributed by atoms with van der Waals surface area (Å²) < 4.78 is 27.0. The number of nitrogens with zero attached hydrogens (tertiary/aromatic N) is 1. The molecule has 0 heterocycles. The van der Waals surface area contributed by atoms with Gasteiger partial charge in [-0.2, -0.15) is 0 Å². The van der Waals surface area contributed by atoms with E-state index in [-0.39, 0.29) is 22.3 Å². The minimum absolute atomic E-state index is 0.127. The summed E-state index contributed by atoms with van der Waals surface area (Å²) in [4.78, 5) is 9.88. The minimum atomic E-state index is -3.77. The van der Waals surface area contributed by atoms with E-state index in [2.05, 4.69) is 11.6 Å². The van der Waals surface area contributed by atoms with Crippen molar-refractivity contribution in [3.05, 3.63) is 28.3 Å². The number of sulfonamides is 1. The lowest BCUT2D eigenvalue weighted by Crippen LogP contribution is -2.33. The number of nitro benzene ring substituents is 1. The second-order valence-electron chi connectivity index (χ2n) is 5.00. The van der Waals surface area contributed by atoms with Gasteiger partial charge in [0.05, 0.1) is 10.6 Å². The summed E-state index contributed by atoms with van der Waals surface area (Å²) in [5.74, 6) is 0. The Morgan fingerprint density at radius 3 is 2.57 bits per heavy atom. The lowest BCUT2D eigenvalue weighted by molar-refractivity contribution is -0.384. The summed E-state index contributed by atoms with van der Waals surface area (Å²) in [7, 11) is -3.77. The third-order valence-electron chi connectivity index (χ3n) is 3.09. The lowest BCUT2D eigenvalue weighted by Gasteiger charge is -2.15. The zero-order valence-electron chi connectivity index (χ0n) is 12.2. The van der Waals surface area contributed by atoms with E-state index in [0.29, 0.717) is 0 Å². The van der Waals surface area contributed by atoms with Crippen molar-refractivity contribution in [3.8, 4) is 0 Å². The fraction of sp³-hybridized carbons (Fsp3) is 0.538. The molecule has 118 valence electrons. The van der Waals surface area contributed by atoms with Gasteiger partial charge in [0.15, 0.2) is 0 Å². The Morgan fingerprint density at radius 1 is 1.38 bits per heavy atom. The molecule has 1 aromatic carbocycles. The van der Waals surface area contributed by atoms with Crippen molar-refractivity contribution >= 4 is 21.4 Å². The molecular formula is C13H21N3O4S. The van der Waals surface area contributed by atoms with E-state index in [1.54, 1.807) is 6.92 Å². The third kappa shape index (κ3) is 4.98. The van der Waals surface area contributed by atoms with Crippen LogP contribution in [-0.2, 0) is 10.0 Å². The van der Waals surface area contributed by atoms with E-state index in [9.17, 15) is 18.5 Å². The largest absolute Gasteiger partial charge is 0.397 e. The van der Waals surface area contributed by atoms with E-state index in [0.717, 1.165) is 43.9 Å². The number of nitrogens with one attached hydrogen (secondary N) is 1. The standard InChI is InChI=1S/C13H21N3O4S/c1-3-4-5-6-10(2)15-21(19,20)13-8-7-11(16(17)18)9-12(13)14/h7-10,15H,3-6,14H2,1-2H3. The van der Waals surface area contributed by atoms with Gasteiger partial charge in [-0.05, 0) is 19.4 Å². The molecule has 1 atom stereocenters. The van der Waals surface area contributed by atoms with E-state index in [1.807, 2.05) is 0 Å². The molecule has 0 aliphatic rings. The molecule has 0 radical (unpaired) electrons. The molecule has 8 heteroatoms. The van der Waals surface area contributed by atoms with Crippen LogP contribution in [0.25, 0.3) is 0 Å². The molecule has 0 fully saturated rings. The Bertz CT molecular complexity index is 601. The van der Waals surface area contributed by atoms with Crippen LogP contribution in [0.15, 0.2) is 23.1 Å². The van der Waals surface area contributed by atoms with Crippen LogP contribution in [0.2, 0.25) is 0 Å². The fourth-order valence-electron chi connectivity index (χ4n) is 1.98. The lowest BCUT2D eigenvalue weighted by atomic mass is 10.1.